The Morgan fingerprint density at radius 1 is 1.30 bits per heavy atom. The first-order valence-electron chi connectivity index (χ1n) is 8.30. The van der Waals surface area contributed by atoms with E-state index < -0.39 is 11.7 Å². The topological polar surface area (TPSA) is 43.6 Å². The van der Waals surface area contributed by atoms with Crippen molar-refractivity contribution in [2.75, 3.05) is 0 Å². The number of aromatic nitrogens is 4. The molecule has 4 nitrogen and oxygen atoms in total. The Kier molecular flexibility index (Phi) is 5.11. The van der Waals surface area contributed by atoms with E-state index in [-0.39, 0.29) is 11.1 Å². The third kappa shape index (κ3) is 3.50. The predicted octanol–water partition coefficient (Wildman–Crippen LogP) is 5.31. The number of aryl methyl sites for hydroxylation is 1. The summed E-state index contributed by atoms with van der Waals surface area (Å²) < 4.78 is 40.6. The second kappa shape index (κ2) is 7.20. The van der Waals surface area contributed by atoms with Gasteiger partial charge in [-0.1, -0.05) is 24.6 Å². The van der Waals surface area contributed by atoms with Gasteiger partial charge in [-0.3, -0.25) is 0 Å². The molecular formula is C19H16ClF3N4. The average molecular weight is 393 g/mol. The summed E-state index contributed by atoms with van der Waals surface area (Å²) in [6.07, 6.45) is 3.46. The highest BCUT2D eigenvalue weighted by atomic mass is 35.5. The molecule has 1 unspecified atom stereocenters. The van der Waals surface area contributed by atoms with Gasteiger partial charge in [-0.2, -0.15) is 13.2 Å². The molecular weight excluding hydrogens is 377 g/mol. The van der Waals surface area contributed by atoms with Crippen molar-refractivity contribution < 1.29 is 13.2 Å². The normalized spacial score (nSPS) is 12.9. The molecule has 3 rings (SSSR count). The van der Waals surface area contributed by atoms with Gasteiger partial charge in [0.2, 0.25) is 0 Å². The molecule has 0 saturated carbocycles. The molecule has 0 amide bonds. The number of terminal acetylenes is 1. The van der Waals surface area contributed by atoms with Crippen molar-refractivity contribution in [1.29, 1.82) is 0 Å². The molecule has 2 heterocycles. The Bertz CT molecular complexity index is 1030. The molecule has 1 aromatic carbocycles. The van der Waals surface area contributed by atoms with Crippen LogP contribution < -0.4 is 0 Å². The monoisotopic (exact) mass is 392 g/mol. The average Bonchev–Trinajstić information content (AvgIpc) is 3.00. The molecule has 140 valence electrons. The van der Waals surface area contributed by atoms with Crippen molar-refractivity contribution in [2.45, 2.75) is 38.9 Å². The van der Waals surface area contributed by atoms with Crippen molar-refractivity contribution >= 4 is 22.8 Å². The van der Waals surface area contributed by atoms with Gasteiger partial charge < -0.3 is 4.57 Å². The zero-order valence-electron chi connectivity index (χ0n) is 14.7. The Morgan fingerprint density at radius 2 is 2.04 bits per heavy atom. The van der Waals surface area contributed by atoms with Crippen LogP contribution in [-0.2, 0) is 12.6 Å². The van der Waals surface area contributed by atoms with Crippen molar-refractivity contribution in [2.24, 2.45) is 0 Å². The van der Waals surface area contributed by atoms with E-state index in [1.165, 1.54) is 12.4 Å². The molecule has 0 fully saturated rings. The fraction of sp³-hybridized carbons (Fsp3) is 0.316. The Balaban J connectivity index is 2.21. The molecule has 0 bridgehead atoms. The van der Waals surface area contributed by atoms with Crippen LogP contribution in [0, 0.1) is 12.3 Å². The predicted molar refractivity (Wildman–Crippen MR) is 98.3 cm³/mol. The van der Waals surface area contributed by atoms with E-state index in [0.29, 0.717) is 35.3 Å². The highest BCUT2D eigenvalue weighted by Gasteiger charge is 2.31. The molecule has 2 aromatic heterocycles. The maximum Gasteiger partial charge on any atom is 0.416 e. The summed E-state index contributed by atoms with van der Waals surface area (Å²) in [7, 11) is 0. The van der Waals surface area contributed by atoms with Crippen molar-refractivity contribution in [3.63, 3.8) is 0 Å². The van der Waals surface area contributed by atoms with Crippen molar-refractivity contribution in [3.8, 4) is 23.6 Å². The van der Waals surface area contributed by atoms with Gasteiger partial charge in [0.1, 0.15) is 23.4 Å². The van der Waals surface area contributed by atoms with Crippen LogP contribution in [0.2, 0.25) is 5.02 Å². The van der Waals surface area contributed by atoms with Gasteiger partial charge in [-0.25, -0.2) is 15.0 Å². The van der Waals surface area contributed by atoms with Crippen LogP contribution in [0.1, 0.15) is 37.7 Å². The zero-order valence-corrected chi connectivity index (χ0v) is 15.4. The van der Waals surface area contributed by atoms with Crippen LogP contribution in [0.4, 0.5) is 13.2 Å². The van der Waals surface area contributed by atoms with Crippen LogP contribution in [-0.4, -0.2) is 19.5 Å². The minimum atomic E-state index is -4.47. The lowest BCUT2D eigenvalue weighted by molar-refractivity contribution is -0.137. The van der Waals surface area contributed by atoms with Gasteiger partial charge in [0.25, 0.3) is 0 Å². The van der Waals surface area contributed by atoms with Gasteiger partial charge in [0, 0.05) is 24.4 Å². The Labute approximate surface area is 159 Å². The van der Waals surface area contributed by atoms with E-state index in [2.05, 4.69) is 20.9 Å². The molecule has 0 aliphatic carbocycles. The van der Waals surface area contributed by atoms with Gasteiger partial charge in [0.15, 0.2) is 5.65 Å². The summed E-state index contributed by atoms with van der Waals surface area (Å²) in [5, 5.41) is -0.0471. The maximum absolute atomic E-state index is 12.9. The van der Waals surface area contributed by atoms with Crippen LogP contribution in [0.15, 0.2) is 24.5 Å². The van der Waals surface area contributed by atoms with Crippen LogP contribution >= 0.6 is 11.6 Å². The number of hydrogen-bond acceptors (Lipinski definition) is 3. The van der Waals surface area contributed by atoms with Crippen LogP contribution in [0.5, 0.6) is 0 Å². The van der Waals surface area contributed by atoms with E-state index in [9.17, 15) is 13.2 Å². The lowest BCUT2D eigenvalue weighted by Gasteiger charge is -2.14. The quantitative estimate of drug-likeness (QED) is 0.565. The first-order valence-corrected chi connectivity index (χ1v) is 8.68. The van der Waals surface area contributed by atoms with Crippen molar-refractivity contribution in [1.82, 2.24) is 19.5 Å². The maximum atomic E-state index is 12.9. The second-order valence-electron chi connectivity index (χ2n) is 6.10. The number of imidazole rings is 1. The smallest absolute Gasteiger partial charge is 0.309 e. The molecule has 0 aliphatic heterocycles. The van der Waals surface area contributed by atoms with E-state index in [4.69, 9.17) is 18.0 Å². The number of alkyl halides is 3. The molecule has 0 aliphatic rings. The summed E-state index contributed by atoms with van der Waals surface area (Å²) in [5.74, 6) is 3.40. The highest BCUT2D eigenvalue weighted by Crippen LogP contribution is 2.37. The third-order valence-corrected chi connectivity index (χ3v) is 4.58. The van der Waals surface area contributed by atoms with E-state index in [1.807, 2.05) is 18.4 Å². The molecule has 8 heteroatoms. The minimum Gasteiger partial charge on any atom is -0.309 e. The standard InChI is InChI=1S/C19H16ClF3N4/c1-4-6-11(3)27-15(5-2)26-17-16(24-10-25-18(17)27)13-8-7-12(9-14(13)20)19(21,22)23/h1,7-11H,5-6H2,2-3H3. The third-order valence-electron chi connectivity index (χ3n) is 4.27. The fourth-order valence-corrected chi connectivity index (χ4v) is 3.28. The highest BCUT2D eigenvalue weighted by molar-refractivity contribution is 6.33. The number of fused-ring (bicyclic) bond motifs is 1. The summed E-state index contributed by atoms with van der Waals surface area (Å²) in [5.41, 5.74) is 1.01. The first kappa shape index (κ1) is 19.2. The van der Waals surface area contributed by atoms with Crippen LogP contribution in [0.25, 0.3) is 22.4 Å². The number of hydrogen-bond donors (Lipinski definition) is 0. The molecule has 0 spiro atoms. The number of benzene rings is 1. The van der Waals surface area contributed by atoms with Gasteiger partial charge in [0.05, 0.1) is 10.6 Å². The van der Waals surface area contributed by atoms with Crippen LogP contribution in [0.3, 0.4) is 0 Å². The summed E-state index contributed by atoms with van der Waals surface area (Å²) in [4.78, 5) is 13.2. The van der Waals surface area contributed by atoms with E-state index >= 15 is 0 Å². The molecule has 27 heavy (non-hydrogen) atoms. The molecule has 0 radical (unpaired) electrons. The van der Waals surface area contributed by atoms with Gasteiger partial charge in [-0.15, -0.1) is 12.3 Å². The Morgan fingerprint density at radius 3 is 2.63 bits per heavy atom. The SMILES string of the molecule is C#CCC(C)n1c(CC)nc2c(-c3ccc(C(F)(F)F)cc3Cl)ncnc21. The summed E-state index contributed by atoms with van der Waals surface area (Å²) in [6.45, 7) is 3.92. The molecule has 0 N–H and O–H groups in total. The minimum absolute atomic E-state index is 0.0271. The first-order chi connectivity index (χ1) is 12.8. The lowest BCUT2D eigenvalue weighted by atomic mass is 10.1. The number of halogens is 4. The fourth-order valence-electron chi connectivity index (χ4n) is 3.01. The lowest BCUT2D eigenvalue weighted by Crippen LogP contribution is -2.09. The number of rotatable bonds is 4. The number of nitrogens with zero attached hydrogens (tertiary/aromatic N) is 4. The molecule has 0 saturated heterocycles. The Hall–Kier alpha value is -2.59. The van der Waals surface area contributed by atoms with E-state index in [1.54, 1.807) is 0 Å². The summed E-state index contributed by atoms with van der Waals surface area (Å²) >= 11 is 6.14. The largest absolute Gasteiger partial charge is 0.416 e. The van der Waals surface area contributed by atoms with Gasteiger partial charge >= 0.3 is 6.18 Å². The summed E-state index contributed by atoms with van der Waals surface area (Å²) in [6, 6.07) is 3.15. The van der Waals surface area contributed by atoms with Gasteiger partial charge in [-0.05, 0) is 19.1 Å². The zero-order chi connectivity index (χ0) is 19.8. The second-order valence-corrected chi connectivity index (χ2v) is 6.50. The molecule has 1 atom stereocenters. The molecule has 3 aromatic rings. The van der Waals surface area contributed by atoms with Crippen molar-refractivity contribution in [3.05, 3.63) is 40.9 Å². The van der Waals surface area contributed by atoms with E-state index in [0.717, 1.165) is 18.0 Å².